The molecule has 2 nitrogen and oxygen atoms in total. The molecule has 47 heavy (non-hydrogen) atoms. The molecule has 0 spiro atoms. The topological polar surface area (TPSA) is 8.17 Å². The molecule has 4 heterocycles. The largest absolute Gasteiger partial charge is 0.375 e. The van der Waals surface area contributed by atoms with E-state index in [2.05, 4.69) is 173 Å². The van der Waals surface area contributed by atoms with E-state index in [0.717, 1.165) is 0 Å². The van der Waals surface area contributed by atoms with Gasteiger partial charge in [-0.1, -0.05) is 152 Å². The van der Waals surface area contributed by atoms with Crippen molar-refractivity contribution < 1.29 is 0 Å². The van der Waals surface area contributed by atoms with E-state index in [9.17, 15) is 0 Å². The number of aromatic nitrogens is 1. The molecule has 8 aromatic rings. The van der Waals surface area contributed by atoms with Crippen LogP contribution in [0.15, 0.2) is 164 Å². The van der Waals surface area contributed by atoms with E-state index in [1.165, 1.54) is 94.7 Å². The zero-order valence-electron chi connectivity index (χ0n) is 25.6. The summed E-state index contributed by atoms with van der Waals surface area (Å²) in [5.41, 5.74) is 20.5. The van der Waals surface area contributed by atoms with Gasteiger partial charge in [0.05, 0.1) is 11.4 Å². The molecule has 0 amide bonds. The maximum atomic E-state index is 2.68. The minimum absolute atomic E-state index is 0.00473. The second-order valence-electron chi connectivity index (χ2n) is 12.8. The first-order chi connectivity index (χ1) is 23.4. The fraction of sp³-hybridized carbons (Fsp3) is 0. The van der Waals surface area contributed by atoms with Crippen LogP contribution in [0.4, 0.5) is 17.1 Å². The van der Waals surface area contributed by atoms with Crippen LogP contribution < -0.4 is 15.8 Å². The van der Waals surface area contributed by atoms with Gasteiger partial charge in [0.2, 0.25) is 0 Å². The van der Waals surface area contributed by atoms with Gasteiger partial charge < -0.3 is 9.38 Å². The SMILES string of the molecule is c1ccc(-c2c(-c3ccccc3)n3c4c(cccc24)-c2cccc4c2B3c2cccc3c2N4c2ccccc2-c2ccccc2-3)cc1. The molecule has 3 aliphatic heterocycles. The van der Waals surface area contributed by atoms with Gasteiger partial charge >= 0.3 is 6.85 Å². The molecule has 0 atom stereocenters. The molecule has 11 rings (SSSR count). The predicted octanol–water partition coefficient (Wildman–Crippen LogP) is 10.0. The van der Waals surface area contributed by atoms with Crippen molar-refractivity contribution in [2.45, 2.75) is 0 Å². The van der Waals surface area contributed by atoms with E-state index < -0.39 is 0 Å². The lowest BCUT2D eigenvalue weighted by molar-refractivity contribution is 1.23. The van der Waals surface area contributed by atoms with Crippen molar-refractivity contribution in [3.05, 3.63) is 164 Å². The summed E-state index contributed by atoms with van der Waals surface area (Å²) < 4.78 is 2.68. The third-order valence-corrected chi connectivity index (χ3v) is 10.5. The molecule has 0 N–H and O–H groups in total. The Balaban J connectivity index is 1.35. The summed E-state index contributed by atoms with van der Waals surface area (Å²) in [6, 6.07) is 60.6. The smallest absolute Gasteiger partial charge is 0.333 e. The normalized spacial score (nSPS) is 13.0. The van der Waals surface area contributed by atoms with E-state index in [4.69, 9.17) is 0 Å². The van der Waals surface area contributed by atoms with Gasteiger partial charge in [-0.15, -0.1) is 0 Å². The molecule has 216 valence electrons. The van der Waals surface area contributed by atoms with Crippen molar-refractivity contribution in [2.24, 2.45) is 0 Å². The Morgan fingerprint density at radius 1 is 0.404 bits per heavy atom. The van der Waals surface area contributed by atoms with E-state index >= 15 is 0 Å². The standard InChI is InChI=1S/C44H27BN2/c1-3-14-28(15-4-1)40-36-24-11-22-35-33-21-13-27-39-41(33)45(47(43(35)36)42(40)29-16-5-2-6-17-29)37-25-12-23-34-31-19-8-7-18-30(31)32-20-9-10-26-38(32)46(39)44(34)37/h1-27H. The van der Waals surface area contributed by atoms with Gasteiger partial charge in [0, 0.05) is 44.5 Å². The van der Waals surface area contributed by atoms with Crippen molar-refractivity contribution in [3.63, 3.8) is 0 Å². The number of hydrogen-bond acceptors (Lipinski definition) is 1. The summed E-state index contributed by atoms with van der Waals surface area (Å²) in [6.07, 6.45) is 0. The van der Waals surface area contributed by atoms with Crippen LogP contribution in [0.3, 0.4) is 0 Å². The fourth-order valence-electron chi connectivity index (χ4n) is 8.78. The van der Waals surface area contributed by atoms with Crippen molar-refractivity contribution >= 4 is 45.7 Å². The lowest BCUT2D eigenvalue weighted by atomic mass is 9.44. The van der Waals surface area contributed by atoms with E-state index in [1.54, 1.807) is 0 Å². The number of hydrogen-bond donors (Lipinski definition) is 0. The van der Waals surface area contributed by atoms with E-state index in [1.807, 2.05) is 0 Å². The Bertz CT molecular complexity index is 2580. The molecular weight excluding hydrogens is 567 g/mol. The van der Waals surface area contributed by atoms with Crippen molar-refractivity contribution in [1.82, 2.24) is 4.48 Å². The summed E-state index contributed by atoms with van der Waals surface area (Å²) in [7, 11) is 0. The van der Waals surface area contributed by atoms with Crippen molar-refractivity contribution in [1.29, 1.82) is 0 Å². The van der Waals surface area contributed by atoms with Crippen molar-refractivity contribution in [3.8, 4) is 55.8 Å². The molecule has 0 saturated heterocycles. The summed E-state index contributed by atoms with van der Waals surface area (Å²) in [5.74, 6) is 0. The molecule has 3 heteroatoms. The molecule has 7 aromatic carbocycles. The van der Waals surface area contributed by atoms with Crippen LogP contribution in [0.1, 0.15) is 0 Å². The Morgan fingerprint density at radius 2 is 0.979 bits per heavy atom. The number of anilines is 3. The average molecular weight is 595 g/mol. The van der Waals surface area contributed by atoms with Gasteiger partial charge in [-0.05, 0) is 50.9 Å². The zero-order chi connectivity index (χ0) is 30.6. The maximum absolute atomic E-state index is 2.68. The quantitative estimate of drug-likeness (QED) is 0.181. The number of benzene rings is 7. The van der Waals surface area contributed by atoms with Crippen LogP contribution in [0.2, 0.25) is 0 Å². The van der Waals surface area contributed by atoms with Gasteiger partial charge in [0.1, 0.15) is 0 Å². The summed E-state index contributed by atoms with van der Waals surface area (Å²) >= 11 is 0. The lowest BCUT2D eigenvalue weighted by Crippen LogP contribution is -2.57. The molecule has 0 aliphatic carbocycles. The monoisotopic (exact) mass is 594 g/mol. The number of rotatable bonds is 2. The highest BCUT2D eigenvalue weighted by Gasteiger charge is 2.45. The van der Waals surface area contributed by atoms with Crippen LogP contribution >= 0.6 is 0 Å². The van der Waals surface area contributed by atoms with Crippen LogP contribution in [0.5, 0.6) is 0 Å². The first-order valence-corrected chi connectivity index (χ1v) is 16.4. The van der Waals surface area contributed by atoms with Crippen LogP contribution in [0, 0.1) is 0 Å². The number of nitrogens with zero attached hydrogens (tertiary/aromatic N) is 2. The van der Waals surface area contributed by atoms with Crippen LogP contribution in [-0.4, -0.2) is 11.3 Å². The zero-order valence-corrected chi connectivity index (χ0v) is 25.6. The molecule has 0 fully saturated rings. The first kappa shape index (κ1) is 25.2. The van der Waals surface area contributed by atoms with E-state index in [-0.39, 0.29) is 6.85 Å². The van der Waals surface area contributed by atoms with Gasteiger partial charge in [-0.25, -0.2) is 0 Å². The maximum Gasteiger partial charge on any atom is 0.333 e. The highest BCUT2D eigenvalue weighted by Crippen LogP contribution is 2.54. The fourth-order valence-corrected chi connectivity index (χ4v) is 8.78. The highest BCUT2D eigenvalue weighted by atomic mass is 15.2. The first-order valence-electron chi connectivity index (χ1n) is 16.4. The molecule has 0 saturated carbocycles. The molecule has 0 unspecified atom stereocenters. The molecule has 1 aromatic heterocycles. The average Bonchev–Trinajstić information content (AvgIpc) is 3.43. The Kier molecular flexibility index (Phi) is 4.95. The van der Waals surface area contributed by atoms with Gasteiger partial charge in [-0.2, -0.15) is 0 Å². The predicted molar refractivity (Wildman–Crippen MR) is 198 cm³/mol. The number of para-hydroxylation sites is 3. The summed E-state index contributed by atoms with van der Waals surface area (Å²) in [4.78, 5) is 2.56. The van der Waals surface area contributed by atoms with Crippen LogP contribution in [-0.2, 0) is 0 Å². The van der Waals surface area contributed by atoms with Crippen LogP contribution in [0.25, 0.3) is 66.7 Å². The van der Waals surface area contributed by atoms with Gasteiger partial charge in [0.25, 0.3) is 0 Å². The summed E-state index contributed by atoms with van der Waals surface area (Å²) in [5, 5.41) is 1.30. The van der Waals surface area contributed by atoms with Crippen molar-refractivity contribution in [2.75, 3.05) is 4.90 Å². The Morgan fingerprint density at radius 3 is 1.79 bits per heavy atom. The molecular formula is C44H27BN2. The summed E-state index contributed by atoms with van der Waals surface area (Å²) in [6.45, 7) is -0.00473. The lowest BCUT2D eigenvalue weighted by Gasteiger charge is -2.41. The van der Waals surface area contributed by atoms with E-state index in [0.29, 0.717) is 0 Å². The third kappa shape index (κ3) is 3.21. The Labute approximate surface area is 273 Å². The molecule has 3 aliphatic rings. The minimum Gasteiger partial charge on any atom is -0.375 e. The highest BCUT2D eigenvalue weighted by molar-refractivity contribution is 6.90. The second kappa shape index (κ2) is 9.25. The second-order valence-corrected chi connectivity index (χ2v) is 12.8. The minimum atomic E-state index is -0.00473. The van der Waals surface area contributed by atoms with Gasteiger partial charge in [0.15, 0.2) is 0 Å². The number of fused-ring (bicyclic) bond motifs is 9. The molecule has 0 bridgehead atoms. The Hall–Kier alpha value is -6.06. The molecule has 0 radical (unpaired) electrons. The van der Waals surface area contributed by atoms with Gasteiger partial charge in [-0.3, -0.25) is 0 Å². The third-order valence-electron chi connectivity index (χ3n) is 10.5.